The molecule has 0 spiro atoms. The number of nitrogen functional groups attached to an aromatic ring is 1. The predicted octanol–water partition coefficient (Wildman–Crippen LogP) is 3.48. The van der Waals surface area contributed by atoms with Crippen molar-refractivity contribution in [2.75, 3.05) is 18.2 Å². The van der Waals surface area contributed by atoms with Gasteiger partial charge in [-0.05, 0) is 30.3 Å². The Balaban J connectivity index is 2.36. The largest absolute Gasteiger partial charge is 0.497 e. The van der Waals surface area contributed by atoms with Gasteiger partial charge in [-0.3, -0.25) is 0 Å². The summed E-state index contributed by atoms with van der Waals surface area (Å²) in [6.45, 7) is 0. The Hall–Kier alpha value is -2.21. The third-order valence-corrected chi connectivity index (χ3v) is 3.14. The van der Waals surface area contributed by atoms with E-state index in [2.05, 4.69) is 21.2 Å². The van der Waals surface area contributed by atoms with E-state index >= 15 is 0 Å². The number of carboxylic acid groups (broad SMARTS) is 1. The van der Waals surface area contributed by atoms with Crippen molar-refractivity contribution in [3.05, 3.63) is 46.4 Å². The third-order valence-electron chi connectivity index (χ3n) is 2.69. The van der Waals surface area contributed by atoms with Gasteiger partial charge in [0, 0.05) is 16.2 Å². The molecule has 0 atom stereocenters. The van der Waals surface area contributed by atoms with Crippen LogP contribution in [0.4, 0.5) is 17.1 Å². The second-order valence-corrected chi connectivity index (χ2v) is 5.03. The number of carboxylic acids is 1. The molecule has 0 radical (unpaired) electrons. The standard InChI is InChI=1S/C14H13BrN2O3/c1-20-11-6-9(15)5-10(7-11)17-13-4-8(14(18)19)2-3-12(13)16/h2-7,17H,16H2,1H3,(H,18,19). The maximum absolute atomic E-state index is 11.0. The Labute approximate surface area is 124 Å². The first-order valence-electron chi connectivity index (χ1n) is 5.74. The predicted molar refractivity (Wildman–Crippen MR) is 81.8 cm³/mol. The summed E-state index contributed by atoms with van der Waals surface area (Å²) in [5.41, 5.74) is 7.76. The molecule has 2 aromatic carbocycles. The van der Waals surface area contributed by atoms with Crippen LogP contribution in [-0.4, -0.2) is 18.2 Å². The van der Waals surface area contributed by atoms with Gasteiger partial charge in [0.15, 0.2) is 0 Å². The summed E-state index contributed by atoms with van der Waals surface area (Å²) in [5, 5.41) is 12.1. The van der Waals surface area contributed by atoms with Gasteiger partial charge in [-0.2, -0.15) is 0 Å². The van der Waals surface area contributed by atoms with Crippen molar-refractivity contribution in [1.29, 1.82) is 0 Å². The Morgan fingerprint density at radius 1 is 1.30 bits per heavy atom. The molecule has 2 rings (SSSR count). The number of nitrogens with one attached hydrogen (secondary N) is 1. The number of rotatable bonds is 4. The van der Waals surface area contributed by atoms with E-state index in [0.29, 0.717) is 17.1 Å². The lowest BCUT2D eigenvalue weighted by Gasteiger charge is -2.12. The third kappa shape index (κ3) is 3.21. The summed E-state index contributed by atoms with van der Waals surface area (Å²) in [7, 11) is 1.57. The fourth-order valence-electron chi connectivity index (χ4n) is 1.71. The number of methoxy groups -OCH3 is 1. The van der Waals surface area contributed by atoms with Crippen LogP contribution in [0, 0.1) is 0 Å². The summed E-state index contributed by atoms with van der Waals surface area (Å²) in [4.78, 5) is 11.0. The number of carbonyl (C=O) groups is 1. The van der Waals surface area contributed by atoms with Gasteiger partial charge < -0.3 is 20.9 Å². The number of aromatic carboxylic acids is 1. The quantitative estimate of drug-likeness (QED) is 0.744. The van der Waals surface area contributed by atoms with E-state index in [1.165, 1.54) is 12.1 Å². The topological polar surface area (TPSA) is 84.6 Å². The molecule has 0 saturated heterocycles. The van der Waals surface area contributed by atoms with Crippen molar-refractivity contribution < 1.29 is 14.6 Å². The highest BCUT2D eigenvalue weighted by atomic mass is 79.9. The molecule has 104 valence electrons. The highest BCUT2D eigenvalue weighted by Crippen LogP contribution is 2.29. The minimum absolute atomic E-state index is 0.170. The number of nitrogens with two attached hydrogens (primary N) is 1. The molecule has 4 N–H and O–H groups in total. The zero-order valence-electron chi connectivity index (χ0n) is 10.7. The normalized spacial score (nSPS) is 10.1. The molecule has 0 amide bonds. The summed E-state index contributed by atoms with van der Waals surface area (Å²) >= 11 is 3.38. The van der Waals surface area contributed by atoms with Crippen LogP contribution in [0.1, 0.15) is 10.4 Å². The number of anilines is 3. The van der Waals surface area contributed by atoms with Gasteiger partial charge in [-0.25, -0.2) is 4.79 Å². The molecule has 20 heavy (non-hydrogen) atoms. The van der Waals surface area contributed by atoms with Crippen LogP contribution in [0.15, 0.2) is 40.9 Å². The minimum Gasteiger partial charge on any atom is -0.497 e. The molecule has 0 fully saturated rings. The molecule has 2 aromatic rings. The molecule has 0 aromatic heterocycles. The monoisotopic (exact) mass is 336 g/mol. The second kappa shape index (κ2) is 5.83. The highest BCUT2D eigenvalue weighted by molar-refractivity contribution is 9.10. The molecular formula is C14H13BrN2O3. The van der Waals surface area contributed by atoms with Gasteiger partial charge in [0.05, 0.1) is 24.0 Å². The maximum atomic E-state index is 11.0. The Morgan fingerprint density at radius 2 is 2.05 bits per heavy atom. The Morgan fingerprint density at radius 3 is 2.70 bits per heavy atom. The van der Waals surface area contributed by atoms with Crippen LogP contribution in [0.2, 0.25) is 0 Å². The van der Waals surface area contributed by atoms with Crippen molar-refractivity contribution in [1.82, 2.24) is 0 Å². The van der Waals surface area contributed by atoms with Crippen LogP contribution < -0.4 is 15.8 Å². The molecule has 0 heterocycles. The van der Waals surface area contributed by atoms with Crippen LogP contribution in [0.25, 0.3) is 0 Å². The first-order chi connectivity index (χ1) is 9.49. The maximum Gasteiger partial charge on any atom is 0.335 e. The smallest absolute Gasteiger partial charge is 0.335 e. The average Bonchev–Trinajstić information content (AvgIpc) is 2.40. The fraction of sp³-hybridized carbons (Fsp3) is 0.0714. The SMILES string of the molecule is COc1cc(Br)cc(Nc2cc(C(=O)O)ccc2N)c1. The van der Waals surface area contributed by atoms with Gasteiger partial charge in [0.25, 0.3) is 0 Å². The van der Waals surface area contributed by atoms with Gasteiger partial charge >= 0.3 is 5.97 Å². The number of ether oxygens (including phenoxy) is 1. The lowest BCUT2D eigenvalue weighted by Crippen LogP contribution is -2.01. The van der Waals surface area contributed by atoms with Gasteiger partial charge in [0.2, 0.25) is 0 Å². The second-order valence-electron chi connectivity index (χ2n) is 4.11. The Kier molecular flexibility index (Phi) is 4.14. The van der Waals surface area contributed by atoms with Crippen molar-refractivity contribution in [2.45, 2.75) is 0 Å². The molecule has 0 aliphatic heterocycles. The van der Waals surface area contributed by atoms with Crippen LogP contribution in [0.5, 0.6) is 5.75 Å². The van der Waals surface area contributed by atoms with E-state index in [1.54, 1.807) is 19.2 Å². The van der Waals surface area contributed by atoms with E-state index in [-0.39, 0.29) is 5.56 Å². The molecule has 0 bridgehead atoms. The zero-order chi connectivity index (χ0) is 14.7. The minimum atomic E-state index is -1.00. The molecule has 0 aliphatic carbocycles. The van der Waals surface area contributed by atoms with Crippen LogP contribution >= 0.6 is 15.9 Å². The zero-order valence-corrected chi connectivity index (χ0v) is 12.3. The van der Waals surface area contributed by atoms with E-state index in [0.717, 1.165) is 10.2 Å². The van der Waals surface area contributed by atoms with Crippen molar-refractivity contribution in [3.63, 3.8) is 0 Å². The average molecular weight is 337 g/mol. The summed E-state index contributed by atoms with van der Waals surface area (Å²) in [6, 6.07) is 9.96. The molecular weight excluding hydrogens is 324 g/mol. The van der Waals surface area contributed by atoms with E-state index in [9.17, 15) is 4.79 Å². The number of hydrogen-bond donors (Lipinski definition) is 3. The number of benzene rings is 2. The molecule has 5 nitrogen and oxygen atoms in total. The summed E-state index contributed by atoms with van der Waals surface area (Å²) < 4.78 is 6.01. The van der Waals surface area contributed by atoms with Crippen LogP contribution in [-0.2, 0) is 0 Å². The number of hydrogen-bond acceptors (Lipinski definition) is 4. The number of halogens is 1. The van der Waals surface area contributed by atoms with Crippen molar-refractivity contribution in [3.8, 4) is 5.75 Å². The Bertz CT molecular complexity index is 659. The molecule has 0 aliphatic rings. The van der Waals surface area contributed by atoms with Gasteiger partial charge in [0.1, 0.15) is 5.75 Å². The first kappa shape index (κ1) is 14.2. The molecule has 0 unspecified atom stereocenters. The highest BCUT2D eigenvalue weighted by Gasteiger charge is 2.08. The summed E-state index contributed by atoms with van der Waals surface area (Å²) in [6.07, 6.45) is 0. The van der Waals surface area contributed by atoms with Gasteiger partial charge in [-0.15, -0.1) is 0 Å². The fourth-order valence-corrected chi connectivity index (χ4v) is 2.18. The lowest BCUT2D eigenvalue weighted by atomic mass is 10.1. The van der Waals surface area contributed by atoms with Gasteiger partial charge in [-0.1, -0.05) is 15.9 Å². The van der Waals surface area contributed by atoms with E-state index < -0.39 is 5.97 Å². The van der Waals surface area contributed by atoms with E-state index in [1.807, 2.05) is 12.1 Å². The van der Waals surface area contributed by atoms with Crippen molar-refractivity contribution in [2.24, 2.45) is 0 Å². The lowest BCUT2D eigenvalue weighted by molar-refractivity contribution is 0.0697. The van der Waals surface area contributed by atoms with E-state index in [4.69, 9.17) is 15.6 Å². The molecule has 0 saturated carbocycles. The molecule has 6 heteroatoms. The van der Waals surface area contributed by atoms with Crippen molar-refractivity contribution >= 4 is 39.0 Å². The summed E-state index contributed by atoms with van der Waals surface area (Å²) in [5.74, 6) is -0.324. The van der Waals surface area contributed by atoms with Crippen LogP contribution in [0.3, 0.4) is 0 Å². The first-order valence-corrected chi connectivity index (χ1v) is 6.53.